The number of halogens is 2. The monoisotopic (exact) mass is 300 g/mol. The van der Waals surface area contributed by atoms with Crippen LogP contribution in [0.25, 0.3) is 0 Å². The first-order chi connectivity index (χ1) is 7.98. The Morgan fingerprint density at radius 3 is 2.82 bits per heavy atom. The molecule has 1 aliphatic rings. The quantitative estimate of drug-likeness (QED) is 0.902. The minimum atomic E-state index is -0.380. The van der Waals surface area contributed by atoms with E-state index in [0.717, 1.165) is 19.3 Å². The normalized spacial score (nSPS) is 17.4. The second-order valence-electron chi connectivity index (χ2n) is 4.57. The number of hydrogen-bond donors (Lipinski definition) is 2. The smallest absolute Gasteiger partial charge is 0.226 e. The fraction of sp³-hybridized carbons (Fsp3) is 0.417. The zero-order valence-corrected chi connectivity index (χ0v) is 10.9. The van der Waals surface area contributed by atoms with Crippen molar-refractivity contribution in [2.24, 2.45) is 5.73 Å². The molecule has 0 heterocycles. The van der Waals surface area contributed by atoms with Crippen LogP contribution in [0.4, 0.5) is 10.1 Å². The molecule has 0 bridgehead atoms. The zero-order chi connectivity index (χ0) is 12.5. The third kappa shape index (κ3) is 3.04. The molecular weight excluding hydrogens is 287 g/mol. The lowest BCUT2D eigenvalue weighted by Crippen LogP contribution is -2.48. The van der Waals surface area contributed by atoms with Gasteiger partial charge in [-0.05, 0) is 53.4 Å². The van der Waals surface area contributed by atoms with Crippen LogP contribution >= 0.6 is 15.9 Å². The lowest BCUT2D eigenvalue weighted by molar-refractivity contribution is -0.118. The number of carbonyl (C=O) groups excluding carboxylic acids is 1. The summed E-state index contributed by atoms with van der Waals surface area (Å²) in [5.41, 5.74) is 6.06. The fourth-order valence-electron chi connectivity index (χ4n) is 1.92. The average molecular weight is 301 g/mol. The summed E-state index contributed by atoms with van der Waals surface area (Å²) in [6, 6.07) is 4.18. The Balaban J connectivity index is 2.00. The third-order valence-electron chi connectivity index (χ3n) is 3.06. The standard InChI is InChI=1S/C12H14BrFN2O/c13-9-3-2-8(14)6-10(9)16-11(17)7-12(15)4-1-5-12/h2-3,6H,1,4-5,7,15H2,(H,16,17). The molecule has 0 spiro atoms. The van der Waals surface area contributed by atoms with E-state index in [9.17, 15) is 9.18 Å². The number of carbonyl (C=O) groups is 1. The van der Waals surface area contributed by atoms with Gasteiger partial charge in [-0.3, -0.25) is 4.79 Å². The van der Waals surface area contributed by atoms with Crippen LogP contribution in [0.15, 0.2) is 22.7 Å². The molecule has 0 aliphatic heterocycles. The Morgan fingerprint density at radius 1 is 1.53 bits per heavy atom. The Morgan fingerprint density at radius 2 is 2.24 bits per heavy atom. The Kier molecular flexibility index (Phi) is 3.49. The van der Waals surface area contributed by atoms with Crippen LogP contribution in [0, 0.1) is 5.82 Å². The minimum Gasteiger partial charge on any atom is -0.325 e. The van der Waals surface area contributed by atoms with Gasteiger partial charge in [-0.1, -0.05) is 0 Å². The molecule has 0 radical (unpaired) electrons. The van der Waals surface area contributed by atoms with Gasteiger partial charge in [0.25, 0.3) is 0 Å². The van der Waals surface area contributed by atoms with Crippen LogP contribution < -0.4 is 11.1 Å². The molecule has 92 valence electrons. The summed E-state index contributed by atoms with van der Waals surface area (Å²) in [5, 5.41) is 2.67. The summed E-state index contributed by atoms with van der Waals surface area (Å²) in [4.78, 5) is 11.7. The molecule has 2 rings (SSSR count). The molecule has 0 atom stereocenters. The van der Waals surface area contributed by atoms with Gasteiger partial charge in [-0.2, -0.15) is 0 Å². The predicted octanol–water partition coefficient (Wildman–Crippen LogP) is 2.80. The van der Waals surface area contributed by atoms with Crippen LogP contribution in [0.2, 0.25) is 0 Å². The molecule has 17 heavy (non-hydrogen) atoms. The number of anilines is 1. The highest BCUT2D eigenvalue weighted by molar-refractivity contribution is 9.10. The molecule has 0 aromatic heterocycles. The SMILES string of the molecule is NC1(CC(=O)Nc2cc(F)ccc2Br)CCC1. The van der Waals surface area contributed by atoms with Crippen molar-refractivity contribution in [3.8, 4) is 0 Å². The van der Waals surface area contributed by atoms with Gasteiger partial charge in [0.1, 0.15) is 5.82 Å². The van der Waals surface area contributed by atoms with E-state index >= 15 is 0 Å². The Labute approximate surface area is 108 Å². The van der Waals surface area contributed by atoms with Crippen molar-refractivity contribution in [3.63, 3.8) is 0 Å². The van der Waals surface area contributed by atoms with Gasteiger partial charge in [-0.15, -0.1) is 0 Å². The molecule has 1 amide bonds. The molecule has 1 aromatic rings. The number of hydrogen-bond acceptors (Lipinski definition) is 2. The van der Waals surface area contributed by atoms with Gasteiger partial charge < -0.3 is 11.1 Å². The van der Waals surface area contributed by atoms with Crippen molar-refractivity contribution in [3.05, 3.63) is 28.5 Å². The van der Waals surface area contributed by atoms with Gasteiger partial charge in [-0.25, -0.2) is 4.39 Å². The van der Waals surface area contributed by atoms with Gasteiger partial charge in [0, 0.05) is 16.4 Å². The van der Waals surface area contributed by atoms with Gasteiger partial charge in [0.05, 0.1) is 5.69 Å². The fourth-order valence-corrected chi connectivity index (χ4v) is 2.26. The van der Waals surface area contributed by atoms with E-state index < -0.39 is 0 Å². The summed E-state index contributed by atoms with van der Waals surface area (Å²) in [6.07, 6.45) is 3.12. The third-order valence-corrected chi connectivity index (χ3v) is 3.76. The molecular formula is C12H14BrFN2O. The number of benzene rings is 1. The number of rotatable bonds is 3. The zero-order valence-electron chi connectivity index (χ0n) is 9.30. The number of nitrogens with one attached hydrogen (secondary N) is 1. The Hall–Kier alpha value is -0.940. The highest BCUT2D eigenvalue weighted by Gasteiger charge is 2.34. The van der Waals surface area contributed by atoms with Crippen molar-refractivity contribution < 1.29 is 9.18 Å². The van der Waals surface area contributed by atoms with Crippen LogP contribution in [0.1, 0.15) is 25.7 Å². The second-order valence-corrected chi connectivity index (χ2v) is 5.42. The minimum absolute atomic E-state index is 0.168. The summed E-state index contributed by atoms with van der Waals surface area (Å²) < 4.78 is 13.7. The second kappa shape index (κ2) is 4.74. The molecule has 1 aromatic carbocycles. The maximum absolute atomic E-state index is 13.0. The van der Waals surface area contributed by atoms with Crippen molar-refractivity contribution >= 4 is 27.5 Å². The van der Waals surface area contributed by atoms with E-state index in [1.54, 1.807) is 6.07 Å². The Bertz CT molecular complexity index is 446. The maximum Gasteiger partial charge on any atom is 0.226 e. The lowest BCUT2D eigenvalue weighted by atomic mass is 9.75. The van der Waals surface area contributed by atoms with Crippen molar-refractivity contribution in [1.82, 2.24) is 0 Å². The van der Waals surface area contributed by atoms with Crippen LogP contribution in [-0.4, -0.2) is 11.4 Å². The molecule has 1 fully saturated rings. The number of nitrogens with two attached hydrogens (primary N) is 1. The first-order valence-corrected chi connectivity index (χ1v) is 6.32. The van der Waals surface area contributed by atoms with Crippen molar-refractivity contribution in [1.29, 1.82) is 0 Å². The first kappa shape index (κ1) is 12.5. The molecule has 5 heteroatoms. The highest BCUT2D eigenvalue weighted by Crippen LogP contribution is 2.32. The van der Waals surface area contributed by atoms with E-state index in [1.807, 2.05) is 0 Å². The summed E-state index contributed by atoms with van der Waals surface area (Å²) in [5.74, 6) is -0.548. The highest BCUT2D eigenvalue weighted by atomic mass is 79.9. The van der Waals surface area contributed by atoms with E-state index in [4.69, 9.17) is 5.73 Å². The summed E-state index contributed by atoms with van der Waals surface area (Å²) >= 11 is 3.26. The molecule has 0 saturated heterocycles. The van der Waals surface area contributed by atoms with E-state index in [-0.39, 0.29) is 23.7 Å². The first-order valence-electron chi connectivity index (χ1n) is 5.52. The van der Waals surface area contributed by atoms with E-state index in [1.165, 1.54) is 12.1 Å². The van der Waals surface area contributed by atoms with Crippen molar-refractivity contribution in [2.45, 2.75) is 31.2 Å². The summed E-state index contributed by atoms with van der Waals surface area (Å²) in [6.45, 7) is 0. The van der Waals surface area contributed by atoms with Crippen LogP contribution in [0.3, 0.4) is 0 Å². The van der Waals surface area contributed by atoms with Gasteiger partial charge >= 0.3 is 0 Å². The topological polar surface area (TPSA) is 55.1 Å². The molecule has 0 unspecified atom stereocenters. The molecule has 3 N–H and O–H groups in total. The van der Waals surface area contributed by atoms with E-state index in [2.05, 4.69) is 21.2 Å². The number of amides is 1. The molecule has 3 nitrogen and oxygen atoms in total. The van der Waals surface area contributed by atoms with E-state index in [0.29, 0.717) is 10.2 Å². The maximum atomic E-state index is 13.0. The average Bonchev–Trinajstić information content (AvgIpc) is 2.21. The van der Waals surface area contributed by atoms with Gasteiger partial charge in [0.2, 0.25) is 5.91 Å². The predicted molar refractivity (Wildman–Crippen MR) is 68.1 cm³/mol. The van der Waals surface area contributed by atoms with Crippen LogP contribution in [0.5, 0.6) is 0 Å². The summed E-state index contributed by atoms with van der Waals surface area (Å²) in [7, 11) is 0. The van der Waals surface area contributed by atoms with Crippen LogP contribution in [-0.2, 0) is 4.79 Å². The molecule has 1 aliphatic carbocycles. The lowest BCUT2D eigenvalue weighted by Gasteiger charge is -2.37. The largest absolute Gasteiger partial charge is 0.325 e. The van der Waals surface area contributed by atoms with Gasteiger partial charge in [0.15, 0.2) is 0 Å². The van der Waals surface area contributed by atoms with Crippen molar-refractivity contribution in [2.75, 3.05) is 5.32 Å². The molecule has 1 saturated carbocycles.